The maximum absolute atomic E-state index is 12.4. The Bertz CT molecular complexity index is 802. The fourth-order valence-corrected chi connectivity index (χ4v) is 3.36. The second-order valence-corrected chi connectivity index (χ2v) is 7.55. The Balaban J connectivity index is 1.82. The van der Waals surface area contributed by atoms with Gasteiger partial charge in [0.05, 0.1) is 5.75 Å². The molecule has 0 radical (unpaired) electrons. The molecule has 2 rings (SSSR count). The van der Waals surface area contributed by atoms with Crippen molar-refractivity contribution >= 4 is 40.7 Å². The lowest BCUT2D eigenvalue weighted by Gasteiger charge is -2.07. The summed E-state index contributed by atoms with van der Waals surface area (Å²) in [5.74, 6) is 0.237. The van der Waals surface area contributed by atoms with Gasteiger partial charge in [0.2, 0.25) is 11.8 Å². The van der Waals surface area contributed by atoms with Crippen LogP contribution in [0.25, 0.3) is 0 Å². The number of nitrogens with one attached hydrogen (secondary N) is 2. The highest BCUT2D eigenvalue weighted by Crippen LogP contribution is 2.22. The number of hydrogen-bond acceptors (Lipinski definition) is 4. The zero-order chi connectivity index (χ0) is 20.4. The summed E-state index contributed by atoms with van der Waals surface area (Å²) in [5.41, 5.74) is 2.06. The summed E-state index contributed by atoms with van der Waals surface area (Å²) in [5, 5.41) is 5.57. The lowest BCUT2D eigenvalue weighted by atomic mass is 10.1. The van der Waals surface area contributed by atoms with E-state index in [2.05, 4.69) is 17.6 Å². The van der Waals surface area contributed by atoms with Crippen molar-refractivity contribution in [1.82, 2.24) is 0 Å². The first-order chi connectivity index (χ1) is 13.5. The fourth-order valence-electron chi connectivity index (χ4n) is 2.57. The van der Waals surface area contributed by atoms with Crippen LogP contribution in [0.15, 0.2) is 53.4 Å². The van der Waals surface area contributed by atoms with E-state index >= 15 is 0 Å². The summed E-state index contributed by atoms with van der Waals surface area (Å²) in [6.07, 6.45) is 3.55. The minimum absolute atomic E-state index is 0.00536. The molecule has 0 spiro atoms. The second kappa shape index (κ2) is 11.3. The van der Waals surface area contributed by atoms with E-state index in [1.165, 1.54) is 18.7 Å². The number of hydrogen-bond donors (Lipinski definition) is 2. The molecule has 0 saturated heterocycles. The average molecular weight is 399 g/mol. The first-order valence-corrected chi connectivity index (χ1v) is 10.4. The molecule has 2 N–H and O–H groups in total. The van der Waals surface area contributed by atoms with Crippen molar-refractivity contribution in [3.05, 3.63) is 54.1 Å². The third-order valence-corrected chi connectivity index (χ3v) is 5.05. The quantitative estimate of drug-likeness (QED) is 0.330. The number of Topliss-reactive ketones (excluding diaryl/α,β-unsaturated/α-hetero) is 1. The Hall–Kier alpha value is -2.60. The molecule has 0 heterocycles. The van der Waals surface area contributed by atoms with Crippen LogP contribution in [0, 0.1) is 0 Å². The van der Waals surface area contributed by atoms with Crippen LogP contribution in [-0.2, 0) is 9.59 Å². The minimum atomic E-state index is -0.115. The molecule has 0 atom stereocenters. The van der Waals surface area contributed by atoms with E-state index in [1.54, 1.807) is 24.3 Å². The number of carbonyl (C=O) groups excluding carboxylic acids is 3. The van der Waals surface area contributed by atoms with Crippen molar-refractivity contribution in [3.63, 3.8) is 0 Å². The van der Waals surface area contributed by atoms with Crippen molar-refractivity contribution in [2.75, 3.05) is 16.4 Å². The van der Waals surface area contributed by atoms with Crippen LogP contribution in [0.2, 0.25) is 0 Å². The van der Waals surface area contributed by atoms with Crippen LogP contribution in [0.3, 0.4) is 0 Å². The van der Waals surface area contributed by atoms with Gasteiger partial charge in [0, 0.05) is 35.2 Å². The van der Waals surface area contributed by atoms with Crippen LogP contribution >= 0.6 is 11.8 Å². The number of amides is 2. The largest absolute Gasteiger partial charge is 0.326 e. The first kappa shape index (κ1) is 21.7. The number of rotatable bonds is 10. The van der Waals surface area contributed by atoms with Gasteiger partial charge in [0.15, 0.2) is 5.78 Å². The molecule has 5 nitrogen and oxygen atoms in total. The van der Waals surface area contributed by atoms with Crippen LogP contribution in [0.5, 0.6) is 0 Å². The van der Waals surface area contributed by atoms with Gasteiger partial charge < -0.3 is 10.6 Å². The highest BCUT2D eigenvalue weighted by Gasteiger charge is 2.08. The topological polar surface area (TPSA) is 75.3 Å². The van der Waals surface area contributed by atoms with Crippen LogP contribution in [0.4, 0.5) is 11.4 Å². The molecule has 0 fully saturated rings. The number of thioether (sulfide) groups is 1. The Kier molecular flexibility index (Phi) is 8.75. The summed E-state index contributed by atoms with van der Waals surface area (Å²) in [7, 11) is 0. The molecule has 6 heteroatoms. The van der Waals surface area contributed by atoms with Gasteiger partial charge in [0.25, 0.3) is 0 Å². The second-order valence-electron chi connectivity index (χ2n) is 6.50. The van der Waals surface area contributed by atoms with Gasteiger partial charge >= 0.3 is 0 Å². The number of ketones is 1. The fraction of sp³-hybridized carbons (Fsp3) is 0.318. The number of benzene rings is 2. The zero-order valence-electron chi connectivity index (χ0n) is 16.3. The molecule has 0 aliphatic carbocycles. The van der Waals surface area contributed by atoms with Gasteiger partial charge in [-0.1, -0.05) is 19.8 Å². The van der Waals surface area contributed by atoms with Gasteiger partial charge in [-0.15, -0.1) is 11.8 Å². The molecule has 0 aromatic heterocycles. The third-order valence-electron chi connectivity index (χ3n) is 4.04. The maximum atomic E-state index is 12.4. The molecule has 148 valence electrons. The highest BCUT2D eigenvalue weighted by atomic mass is 32.2. The normalized spacial score (nSPS) is 10.4. The lowest BCUT2D eigenvalue weighted by molar-refractivity contribution is -0.116. The summed E-state index contributed by atoms with van der Waals surface area (Å²) >= 11 is 1.45. The minimum Gasteiger partial charge on any atom is -0.326 e. The molecule has 0 aliphatic rings. The molecule has 0 unspecified atom stereocenters. The summed E-state index contributed by atoms with van der Waals surface area (Å²) in [6, 6.07) is 14.4. The van der Waals surface area contributed by atoms with Crippen molar-refractivity contribution in [2.45, 2.75) is 44.4 Å². The molecule has 0 aliphatic heterocycles. The molecule has 0 bridgehead atoms. The average Bonchev–Trinajstić information content (AvgIpc) is 2.67. The molecule has 2 aromatic rings. The van der Waals surface area contributed by atoms with Gasteiger partial charge in [-0.25, -0.2) is 0 Å². The van der Waals surface area contributed by atoms with Crippen molar-refractivity contribution in [3.8, 4) is 0 Å². The summed E-state index contributed by atoms with van der Waals surface area (Å²) in [4.78, 5) is 36.2. The SMILES string of the molecule is CCCCCC(=O)Nc1ccc(C(=O)CSc2ccc(NC(C)=O)cc2)cc1. The van der Waals surface area contributed by atoms with Crippen LogP contribution in [0.1, 0.15) is 49.9 Å². The summed E-state index contributed by atoms with van der Waals surface area (Å²) < 4.78 is 0. The Labute approximate surface area is 170 Å². The van der Waals surface area contributed by atoms with Crippen LogP contribution < -0.4 is 10.6 Å². The number of carbonyl (C=O) groups is 3. The zero-order valence-corrected chi connectivity index (χ0v) is 17.1. The summed E-state index contributed by atoms with van der Waals surface area (Å²) in [6.45, 7) is 3.57. The van der Waals surface area contributed by atoms with E-state index in [1.807, 2.05) is 24.3 Å². The maximum Gasteiger partial charge on any atom is 0.224 e. The van der Waals surface area contributed by atoms with E-state index in [0.717, 1.165) is 29.8 Å². The van der Waals surface area contributed by atoms with Gasteiger partial charge in [-0.05, 0) is 55.0 Å². The third kappa shape index (κ3) is 7.56. The van der Waals surface area contributed by atoms with Gasteiger partial charge in [0.1, 0.15) is 0 Å². The molecule has 0 saturated carbocycles. The molecule has 2 aromatic carbocycles. The number of unbranched alkanes of at least 4 members (excludes halogenated alkanes) is 2. The van der Waals surface area contributed by atoms with E-state index in [9.17, 15) is 14.4 Å². The standard InChI is InChI=1S/C22H26N2O3S/c1-3-4-5-6-22(27)24-19-9-7-17(8-10-19)21(26)15-28-20-13-11-18(12-14-20)23-16(2)25/h7-14H,3-6,15H2,1-2H3,(H,23,25)(H,24,27). The van der Waals surface area contributed by atoms with E-state index in [0.29, 0.717) is 23.4 Å². The monoisotopic (exact) mass is 398 g/mol. The molecule has 2 amide bonds. The van der Waals surface area contributed by atoms with Crippen molar-refractivity contribution in [1.29, 1.82) is 0 Å². The van der Waals surface area contributed by atoms with Gasteiger partial charge in [-0.3, -0.25) is 14.4 Å². The smallest absolute Gasteiger partial charge is 0.224 e. The Morgan fingerprint density at radius 3 is 2.07 bits per heavy atom. The van der Waals surface area contributed by atoms with E-state index in [-0.39, 0.29) is 17.6 Å². The molecule has 28 heavy (non-hydrogen) atoms. The molecular weight excluding hydrogens is 372 g/mol. The molecular formula is C22H26N2O3S. The van der Waals surface area contributed by atoms with E-state index in [4.69, 9.17) is 0 Å². The van der Waals surface area contributed by atoms with E-state index < -0.39 is 0 Å². The van der Waals surface area contributed by atoms with Crippen LogP contribution in [-0.4, -0.2) is 23.4 Å². The highest BCUT2D eigenvalue weighted by molar-refractivity contribution is 8.00. The van der Waals surface area contributed by atoms with Gasteiger partial charge in [-0.2, -0.15) is 0 Å². The number of anilines is 2. The Morgan fingerprint density at radius 2 is 1.46 bits per heavy atom. The van der Waals surface area contributed by atoms with Crippen molar-refractivity contribution < 1.29 is 14.4 Å². The van der Waals surface area contributed by atoms with Crippen molar-refractivity contribution in [2.24, 2.45) is 0 Å². The Morgan fingerprint density at radius 1 is 0.857 bits per heavy atom. The first-order valence-electron chi connectivity index (χ1n) is 9.41. The predicted molar refractivity (Wildman–Crippen MR) is 115 cm³/mol. The predicted octanol–water partition coefficient (Wildman–Crippen LogP) is 5.14. The lowest BCUT2D eigenvalue weighted by Crippen LogP contribution is -2.11.